The number of carbonyl (C=O) groups excluding carboxylic acids is 3. The number of nitrogens with zero attached hydrogens (tertiary/aromatic N) is 3. The van der Waals surface area contributed by atoms with Crippen LogP contribution < -0.4 is 16.4 Å². The summed E-state index contributed by atoms with van der Waals surface area (Å²) in [5, 5.41) is 5.48. The van der Waals surface area contributed by atoms with E-state index < -0.39 is 23.5 Å². The summed E-state index contributed by atoms with van der Waals surface area (Å²) in [7, 11) is 0. The molecule has 1 unspecified atom stereocenters. The number of hydrogen-bond acceptors (Lipinski definition) is 5. The van der Waals surface area contributed by atoms with Crippen LogP contribution in [0.4, 0.5) is 5.82 Å². The van der Waals surface area contributed by atoms with Crippen LogP contribution in [0.2, 0.25) is 0 Å². The van der Waals surface area contributed by atoms with Crippen LogP contribution in [0, 0.1) is 0 Å². The van der Waals surface area contributed by atoms with Gasteiger partial charge in [0.25, 0.3) is 0 Å². The summed E-state index contributed by atoms with van der Waals surface area (Å²) in [4.78, 5) is 44.6. The second-order valence-electron chi connectivity index (χ2n) is 9.08. The van der Waals surface area contributed by atoms with Crippen molar-refractivity contribution in [3.63, 3.8) is 0 Å². The largest absolute Gasteiger partial charge is 0.343 e. The highest BCUT2D eigenvalue weighted by atomic mass is 16.2. The molecule has 4 N–H and O–H groups in total. The van der Waals surface area contributed by atoms with Gasteiger partial charge in [0, 0.05) is 19.3 Å². The SMILES string of the molecule is CCC[C@@H](NC(=O)C(C)(C)N)C(=O)Nc1cn(C(C(=O)N2CCCC2)c2ccccc2)cn1. The molecule has 1 aliphatic heterocycles. The molecule has 1 aromatic heterocycles. The summed E-state index contributed by atoms with van der Waals surface area (Å²) in [5.41, 5.74) is 5.61. The van der Waals surface area contributed by atoms with Crippen molar-refractivity contribution in [3.05, 3.63) is 48.4 Å². The monoisotopic (exact) mass is 454 g/mol. The highest BCUT2D eigenvalue weighted by molar-refractivity contribution is 5.97. The number of imidazole rings is 1. The van der Waals surface area contributed by atoms with Crippen LogP contribution in [0.5, 0.6) is 0 Å². The number of hydrogen-bond donors (Lipinski definition) is 3. The van der Waals surface area contributed by atoms with Crippen molar-refractivity contribution in [3.8, 4) is 0 Å². The lowest BCUT2D eigenvalue weighted by Crippen LogP contribution is -2.54. The molecule has 0 aliphatic carbocycles. The lowest BCUT2D eigenvalue weighted by molar-refractivity contribution is -0.132. The second-order valence-corrected chi connectivity index (χ2v) is 9.08. The Labute approximate surface area is 194 Å². The number of likely N-dealkylation sites (tertiary alicyclic amines) is 1. The lowest BCUT2D eigenvalue weighted by atomic mass is 10.0. The molecule has 2 aromatic rings. The second kappa shape index (κ2) is 10.6. The average molecular weight is 455 g/mol. The van der Waals surface area contributed by atoms with Crippen LogP contribution >= 0.6 is 0 Å². The predicted octanol–water partition coefficient (Wildman–Crippen LogP) is 2.06. The highest BCUT2D eigenvalue weighted by Gasteiger charge is 2.30. The van der Waals surface area contributed by atoms with E-state index in [2.05, 4.69) is 15.6 Å². The van der Waals surface area contributed by atoms with E-state index in [1.807, 2.05) is 42.2 Å². The fourth-order valence-electron chi connectivity index (χ4n) is 3.85. The van der Waals surface area contributed by atoms with E-state index in [1.165, 1.54) is 0 Å². The van der Waals surface area contributed by atoms with Crippen LogP contribution in [-0.4, -0.2) is 56.8 Å². The van der Waals surface area contributed by atoms with E-state index in [-0.39, 0.29) is 11.8 Å². The van der Waals surface area contributed by atoms with E-state index in [1.54, 1.807) is 30.9 Å². The van der Waals surface area contributed by atoms with Gasteiger partial charge in [-0.05, 0) is 38.7 Å². The molecule has 1 aromatic carbocycles. The van der Waals surface area contributed by atoms with Gasteiger partial charge in [-0.25, -0.2) is 4.98 Å². The van der Waals surface area contributed by atoms with Crippen molar-refractivity contribution in [1.82, 2.24) is 19.8 Å². The van der Waals surface area contributed by atoms with Crippen molar-refractivity contribution >= 4 is 23.5 Å². The zero-order valence-electron chi connectivity index (χ0n) is 19.6. The van der Waals surface area contributed by atoms with Gasteiger partial charge in [-0.15, -0.1) is 0 Å². The minimum Gasteiger partial charge on any atom is -0.343 e. The van der Waals surface area contributed by atoms with E-state index in [4.69, 9.17) is 5.73 Å². The van der Waals surface area contributed by atoms with Gasteiger partial charge in [-0.2, -0.15) is 0 Å². The standard InChI is InChI=1S/C24H34N6O3/c1-4-10-18(27-23(33)24(2,3)25)21(31)28-19-15-30(16-26-19)20(17-11-6-5-7-12-17)22(32)29-13-8-9-14-29/h5-7,11-12,15-16,18,20H,4,8-10,13-14,25H2,1-3H3,(H,27,33)(H,28,31)/t18-,20?/m1/s1. The van der Waals surface area contributed by atoms with E-state index in [9.17, 15) is 14.4 Å². The van der Waals surface area contributed by atoms with E-state index in [0.717, 1.165) is 31.5 Å². The molecular formula is C24H34N6O3. The number of aromatic nitrogens is 2. The molecule has 3 amide bonds. The molecule has 9 heteroatoms. The Morgan fingerprint density at radius 2 is 1.82 bits per heavy atom. The molecule has 1 fully saturated rings. The normalized spacial score (nSPS) is 15.7. The first-order chi connectivity index (χ1) is 15.7. The van der Waals surface area contributed by atoms with Crippen LogP contribution in [0.25, 0.3) is 0 Å². The number of amides is 3. The smallest absolute Gasteiger partial charge is 0.250 e. The van der Waals surface area contributed by atoms with E-state index >= 15 is 0 Å². The maximum atomic E-state index is 13.3. The number of nitrogens with two attached hydrogens (primary N) is 1. The number of rotatable bonds is 9. The van der Waals surface area contributed by atoms with Crippen molar-refractivity contribution in [2.45, 2.75) is 64.1 Å². The van der Waals surface area contributed by atoms with Gasteiger partial charge in [0.15, 0.2) is 5.82 Å². The Hall–Kier alpha value is -3.20. The Morgan fingerprint density at radius 1 is 1.15 bits per heavy atom. The molecule has 3 rings (SSSR count). The number of benzene rings is 1. The van der Waals surface area contributed by atoms with Crippen molar-refractivity contribution in [1.29, 1.82) is 0 Å². The molecule has 0 spiro atoms. The van der Waals surface area contributed by atoms with Crippen LogP contribution in [0.3, 0.4) is 0 Å². The zero-order chi connectivity index (χ0) is 24.0. The molecule has 0 radical (unpaired) electrons. The number of nitrogens with one attached hydrogen (secondary N) is 2. The molecule has 33 heavy (non-hydrogen) atoms. The summed E-state index contributed by atoms with van der Waals surface area (Å²) >= 11 is 0. The molecule has 2 atom stereocenters. The third kappa shape index (κ3) is 6.19. The number of anilines is 1. The first-order valence-corrected chi connectivity index (χ1v) is 11.5. The summed E-state index contributed by atoms with van der Waals surface area (Å²) in [6, 6.07) is 8.24. The Balaban J connectivity index is 1.78. The Morgan fingerprint density at radius 3 is 2.42 bits per heavy atom. The van der Waals surface area contributed by atoms with Gasteiger partial charge >= 0.3 is 0 Å². The third-order valence-corrected chi connectivity index (χ3v) is 5.70. The molecule has 178 valence electrons. The van der Waals surface area contributed by atoms with Crippen molar-refractivity contribution in [2.24, 2.45) is 5.73 Å². The predicted molar refractivity (Wildman–Crippen MR) is 126 cm³/mol. The number of carbonyl (C=O) groups is 3. The van der Waals surface area contributed by atoms with Gasteiger partial charge in [0.2, 0.25) is 17.7 Å². The summed E-state index contributed by atoms with van der Waals surface area (Å²) in [6.07, 6.45) is 6.39. The lowest BCUT2D eigenvalue weighted by Gasteiger charge is -2.24. The van der Waals surface area contributed by atoms with Gasteiger partial charge in [0.1, 0.15) is 12.1 Å². The molecule has 2 heterocycles. The topological polar surface area (TPSA) is 122 Å². The van der Waals surface area contributed by atoms with Gasteiger partial charge in [-0.3, -0.25) is 14.4 Å². The van der Waals surface area contributed by atoms with Crippen molar-refractivity contribution in [2.75, 3.05) is 18.4 Å². The molecule has 1 saturated heterocycles. The maximum Gasteiger partial charge on any atom is 0.250 e. The fourth-order valence-corrected chi connectivity index (χ4v) is 3.85. The summed E-state index contributed by atoms with van der Waals surface area (Å²) in [5.74, 6) is -0.448. The minimum absolute atomic E-state index is 0.00952. The molecule has 9 nitrogen and oxygen atoms in total. The fraction of sp³-hybridized carbons (Fsp3) is 0.500. The van der Waals surface area contributed by atoms with Gasteiger partial charge in [-0.1, -0.05) is 43.7 Å². The average Bonchev–Trinajstić information content (AvgIpc) is 3.46. The minimum atomic E-state index is -1.09. The maximum absolute atomic E-state index is 13.3. The van der Waals surface area contributed by atoms with E-state index in [0.29, 0.717) is 18.7 Å². The first-order valence-electron chi connectivity index (χ1n) is 11.5. The Bertz CT molecular complexity index is 960. The quantitative estimate of drug-likeness (QED) is 0.535. The molecule has 1 aliphatic rings. The van der Waals surface area contributed by atoms with Crippen molar-refractivity contribution < 1.29 is 14.4 Å². The molecule has 0 bridgehead atoms. The van der Waals surface area contributed by atoms with Crippen LogP contribution in [0.1, 0.15) is 58.1 Å². The molecule has 0 saturated carbocycles. The van der Waals surface area contributed by atoms with Crippen LogP contribution in [0.15, 0.2) is 42.9 Å². The van der Waals surface area contributed by atoms with Crippen LogP contribution in [-0.2, 0) is 14.4 Å². The van der Waals surface area contributed by atoms with Gasteiger partial charge in [0.05, 0.1) is 11.9 Å². The third-order valence-electron chi connectivity index (χ3n) is 5.70. The summed E-state index contributed by atoms with van der Waals surface area (Å²) in [6.45, 7) is 6.61. The molecular weight excluding hydrogens is 420 g/mol. The first kappa shape index (κ1) is 24.4. The zero-order valence-corrected chi connectivity index (χ0v) is 19.6. The Kier molecular flexibility index (Phi) is 7.86. The summed E-state index contributed by atoms with van der Waals surface area (Å²) < 4.78 is 1.72. The van der Waals surface area contributed by atoms with Gasteiger partial charge < -0.3 is 25.8 Å². The highest BCUT2D eigenvalue weighted by Crippen LogP contribution is 2.24.